The van der Waals surface area contributed by atoms with Gasteiger partial charge in [-0.25, -0.2) is 4.79 Å². The predicted octanol–water partition coefficient (Wildman–Crippen LogP) is 2.08. The van der Waals surface area contributed by atoms with Crippen LogP contribution in [0.1, 0.15) is 19.4 Å². The van der Waals surface area contributed by atoms with Gasteiger partial charge in [0.2, 0.25) is 0 Å². The molecule has 1 aliphatic rings. The Kier molecular flexibility index (Phi) is 5.24. The monoisotopic (exact) mass is 277 g/mol. The summed E-state index contributed by atoms with van der Waals surface area (Å²) in [6.07, 6.45) is 0.911. The molecule has 0 fully saturated rings. The number of urea groups is 1. The number of nitrogens with zero attached hydrogens (tertiary/aromatic N) is 1. The maximum atomic E-state index is 11.8. The minimum Gasteiger partial charge on any atom is -0.493 e. The zero-order valence-corrected chi connectivity index (χ0v) is 12.2. The van der Waals surface area contributed by atoms with Crippen LogP contribution in [0.5, 0.6) is 5.75 Å². The van der Waals surface area contributed by atoms with Gasteiger partial charge in [-0.3, -0.25) is 0 Å². The van der Waals surface area contributed by atoms with E-state index in [4.69, 9.17) is 4.74 Å². The second kappa shape index (κ2) is 7.14. The third kappa shape index (κ3) is 3.87. The Hall–Kier alpha value is -1.75. The lowest BCUT2D eigenvalue weighted by Crippen LogP contribution is -2.36. The largest absolute Gasteiger partial charge is 0.493 e. The molecule has 0 atom stereocenters. The molecule has 110 valence electrons. The van der Waals surface area contributed by atoms with Gasteiger partial charge in [-0.05, 0) is 36.9 Å². The van der Waals surface area contributed by atoms with Crippen LogP contribution in [0.15, 0.2) is 18.2 Å². The molecule has 5 heteroatoms. The molecule has 1 aromatic rings. The van der Waals surface area contributed by atoms with Crippen molar-refractivity contribution in [2.24, 2.45) is 0 Å². The number of carbonyl (C=O) groups excluding carboxylic acids is 1. The van der Waals surface area contributed by atoms with Crippen molar-refractivity contribution in [3.63, 3.8) is 0 Å². The van der Waals surface area contributed by atoms with Gasteiger partial charge in [0, 0.05) is 25.2 Å². The Morgan fingerprint density at radius 1 is 1.35 bits per heavy atom. The number of hydrogen-bond donors (Lipinski definition) is 2. The zero-order chi connectivity index (χ0) is 14.4. The number of hydrogen-bond acceptors (Lipinski definition) is 3. The molecule has 0 aliphatic carbocycles. The Labute approximate surface area is 120 Å². The van der Waals surface area contributed by atoms with Crippen molar-refractivity contribution in [3.05, 3.63) is 23.8 Å². The van der Waals surface area contributed by atoms with Gasteiger partial charge >= 0.3 is 6.03 Å². The second-order valence-corrected chi connectivity index (χ2v) is 4.83. The number of anilines is 1. The smallest absolute Gasteiger partial charge is 0.319 e. The molecule has 0 saturated carbocycles. The number of benzene rings is 1. The highest BCUT2D eigenvalue weighted by molar-refractivity contribution is 5.89. The third-order valence-electron chi connectivity index (χ3n) is 3.56. The lowest BCUT2D eigenvalue weighted by atomic mass is 10.1. The second-order valence-electron chi connectivity index (χ2n) is 4.83. The van der Waals surface area contributed by atoms with Crippen LogP contribution in [0.2, 0.25) is 0 Å². The van der Waals surface area contributed by atoms with Crippen molar-refractivity contribution in [1.29, 1.82) is 0 Å². The van der Waals surface area contributed by atoms with Crippen molar-refractivity contribution in [1.82, 2.24) is 10.2 Å². The highest BCUT2D eigenvalue weighted by atomic mass is 16.5. The number of fused-ring (bicyclic) bond motifs is 1. The van der Waals surface area contributed by atoms with E-state index in [1.165, 1.54) is 0 Å². The summed E-state index contributed by atoms with van der Waals surface area (Å²) in [7, 11) is 0. The molecule has 1 heterocycles. The van der Waals surface area contributed by atoms with Gasteiger partial charge in [0.15, 0.2) is 0 Å². The summed E-state index contributed by atoms with van der Waals surface area (Å²) in [5, 5.41) is 5.73. The van der Waals surface area contributed by atoms with Crippen molar-refractivity contribution >= 4 is 11.7 Å². The highest BCUT2D eigenvalue weighted by Gasteiger charge is 2.12. The van der Waals surface area contributed by atoms with E-state index < -0.39 is 0 Å². The molecule has 0 saturated heterocycles. The van der Waals surface area contributed by atoms with Gasteiger partial charge in [-0.2, -0.15) is 0 Å². The molecule has 0 spiro atoms. The average molecular weight is 277 g/mol. The average Bonchev–Trinajstić information content (AvgIpc) is 2.91. The van der Waals surface area contributed by atoms with Crippen LogP contribution < -0.4 is 15.4 Å². The highest BCUT2D eigenvalue weighted by Crippen LogP contribution is 2.27. The first-order valence-corrected chi connectivity index (χ1v) is 7.25. The molecule has 1 aromatic carbocycles. The Bertz CT molecular complexity index is 458. The molecule has 2 amide bonds. The van der Waals surface area contributed by atoms with Gasteiger partial charge in [-0.15, -0.1) is 0 Å². The summed E-state index contributed by atoms with van der Waals surface area (Å²) in [5.74, 6) is 0.928. The van der Waals surface area contributed by atoms with E-state index in [2.05, 4.69) is 29.4 Å². The van der Waals surface area contributed by atoms with Gasteiger partial charge in [0.05, 0.1) is 6.61 Å². The summed E-state index contributed by atoms with van der Waals surface area (Å²) in [6.45, 7) is 8.51. The van der Waals surface area contributed by atoms with Gasteiger partial charge in [0.25, 0.3) is 0 Å². The van der Waals surface area contributed by atoms with Crippen LogP contribution in [-0.2, 0) is 6.42 Å². The molecule has 1 aliphatic heterocycles. The first kappa shape index (κ1) is 14.7. The van der Waals surface area contributed by atoms with Crippen LogP contribution in [0.25, 0.3) is 0 Å². The first-order valence-electron chi connectivity index (χ1n) is 7.25. The summed E-state index contributed by atoms with van der Waals surface area (Å²) < 4.78 is 5.44. The standard InChI is InChI=1S/C15H23N3O2/c1-3-18(4-2)9-8-16-15(19)17-13-5-6-14-12(11-13)7-10-20-14/h5-6,11H,3-4,7-10H2,1-2H3,(H2,16,17,19). The summed E-state index contributed by atoms with van der Waals surface area (Å²) >= 11 is 0. The minimum absolute atomic E-state index is 0.156. The lowest BCUT2D eigenvalue weighted by Gasteiger charge is -2.18. The fourth-order valence-electron chi connectivity index (χ4n) is 2.31. The van der Waals surface area contributed by atoms with Crippen LogP contribution >= 0.6 is 0 Å². The molecule has 2 N–H and O–H groups in total. The number of likely N-dealkylation sites (N-methyl/N-ethyl adjacent to an activating group) is 1. The first-order chi connectivity index (χ1) is 9.72. The van der Waals surface area contributed by atoms with E-state index in [1.807, 2.05) is 18.2 Å². The molecule has 0 radical (unpaired) electrons. The van der Waals surface area contributed by atoms with Crippen LogP contribution in [0, 0.1) is 0 Å². The number of carbonyl (C=O) groups is 1. The number of nitrogens with one attached hydrogen (secondary N) is 2. The van der Waals surface area contributed by atoms with Crippen molar-refractivity contribution in [2.75, 3.05) is 38.1 Å². The van der Waals surface area contributed by atoms with Crippen molar-refractivity contribution < 1.29 is 9.53 Å². The Morgan fingerprint density at radius 3 is 2.90 bits per heavy atom. The van der Waals surface area contributed by atoms with Crippen molar-refractivity contribution in [2.45, 2.75) is 20.3 Å². The van der Waals surface area contributed by atoms with E-state index in [1.54, 1.807) is 0 Å². The molecule has 5 nitrogen and oxygen atoms in total. The Morgan fingerprint density at radius 2 is 2.15 bits per heavy atom. The quantitative estimate of drug-likeness (QED) is 0.837. The maximum absolute atomic E-state index is 11.8. The summed E-state index contributed by atoms with van der Waals surface area (Å²) in [4.78, 5) is 14.1. The Balaban J connectivity index is 1.77. The van der Waals surface area contributed by atoms with Crippen LogP contribution in [-0.4, -0.2) is 43.7 Å². The normalized spacial score (nSPS) is 12.9. The van der Waals surface area contributed by atoms with Crippen LogP contribution in [0.4, 0.5) is 10.5 Å². The fourth-order valence-corrected chi connectivity index (χ4v) is 2.31. The molecular weight excluding hydrogens is 254 g/mol. The molecule has 0 bridgehead atoms. The molecule has 0 aromatic heterocycles. The van der Waals surface area contributed by atoms with E-state index >= 15 is 0 Å². The molecular formula is C15H23N3O2. The predicted molar refractivity (Wildman–Crippen MR) is 80.5 cm³/mol. The number of ether oxygens (including phenoxy) is 1. The minimum atomic E-state index is -0.156. The zero-order valence-electron chi connectivity index (χ0n) is 12.2. The molecule has 20 heavy (non-hydrogen) atoms. The number of rotatable bonds is 6. The SMILES string of the molecule is CCN(CC)CCNC(=O)Nc1ccc2c(c1)CCO2. The third-order valence-corrected chi connectivity index (χ3v) is 3.56. The van der Waals surface area contributed by atoms with Gasteiger partial charge in [-0.1, -0.05) is 13.8 Å². The van der Waals surface area contributed by atoms with Gasteiger partial charge in [0.1, 0.15) is 5.75 Å². The van der Waals surface area contributed by atoms with Crippen LogP contribution in [0.3, 0.4) is 0 Å². The molecule has 0 unspecified atom stereocenters. The van der Waals surface area contributed by atoms with E-state index in [-0.39, 0.29) is 6.03 Å². The lowest BCUT2D eigenvalue weighted by molar-refractivity contribution is 0.248. The van der Waals surface area contributed by atoms with E-state index in [0.29, 0.717) is 6.54 Å². The molecule has 2 rings (SSSR count). The fraction of sp³-hybridized carbons (Fsp3) is 0.533. The summed E-state index contributed by atoms with van der Waals surface area (Å²) in [5.41, 5.74) is 1.97. The van der Waals surface area contributed by atoms with Gasteiger partial charge < -0.3 is 20.3 Å². The van der Waals surface area contributed by atoms with E-state index in [9.17, 15) is 4.79 Å². The topological polar surface area (TPSA) is 53.6 Å². The summed E-state index contributed by atoms with van der Waals surface area (Å²) in [6, 6.07) is 5.60. The maximum Gasteiger partial charge on any atom is 0.319 e. The van der Waals surface area contributed by atoms with E-state index in [0.717, 1.165) is 49.7 Å². The number of amides is 2. The van der Waals surface area contributed by atoms with Crippen molar-refractivity contribution in [3.8, 4) is 5.75 Å².